The van der Waals surface area contributed by atoms with E-state index in [-0.39, 0.29) is 28.2 Å². The number of fused-ring (bicyclic) bond motifs is 2. The van der Waals surface area contributed by atoms with Gasteiger partial charge in [-0.3, -0.25) is 0 Å². The Bertz CT molecular complexity index is 326. The number of carbonyl (C=O) groups is 1. The van der Waals surface area contributed by atoms with Crippen molar-refractivity contribution >= 4 is 14.8 Å². The van der Waals surface area contributed by atoms with Gasteiger partial charge < -0.3 is 13.6 Å². The van der Waals surface area contributed by atoms with Crippen molar-refractivity contribution in [3.63, 3.8) is 0 Å². The highest BCUT2D eigenvalue weighted by Crippen LogP contribution is 2.57. The molecule has 2 aliphatic rings. The third kappa shape index (κ3) is 1.98. The predicted octanol–water partition coefficient (Wildman–Crippen LogP) is 3.42. The lowest BCUT2D eigenvalue weighted by molar-refractivity contribution is -0.113. The summed E-state index contributed by atoms with van der Waals surface area (Å²) >= 11 is 0. The second-order valence-electron chi connectivity index (χ2n) is 7.78. The molecule has 0 radical (unpaired) electrons. The van der Waals surface area contributed by atoms with Crippen molar-refractivity contribution in [3.8, 4) is 0 Å². The molecular weight excluding hydrogens is 244 g/mol. The second kappa shape index (κ2) is 4.15. The van der Waals surface area contributed by atoms with Gasteiger partial charge in [0.25, 0.3) is 0 Å². The Morgan fingerprint density at radius 2 is 1.56 bits per heavy atom. The van der Waals surface area contributed by atoms with Crippen molar-refractivity contribution in [2.24, 2.45) is 5.92 Å². The molecule has 1 aliphatic heterocycles. The van der Waals surface area contributed by atoms with Crippen LogP contribution in [0.1, 0.15) is 54.4 Å². The second-order valence-corrected chi connectivity index (χ2v) is 12.5. The topological polar surface area (TPSA) is 35.5 Å². The van der Waals surface area contributed by atoms with Gasteiger partial charge in [0.05, 0.1) is 12.2 Å². The Morgan fingerprint density at radius 1 is 1.00 bits per heavy atom. The van der Waals surface area contributed by atoms with Crippen LogP contribution in [0.15, 0.2) is 0 Å². The molecule has 1 aliphatic carbocycles. The van der Waals surface area contributed by atoms with Gasteiger partial charge in [-0.15, -0.1) is 0 Å². The zero-order valence-corrected chi connectivity index (χ0v) is 13.4. The first kappa shape index (κ1) is 14.2. The molecule has 2 fully saturated rings. The fourth-order valence-electron chi connectivity index (χ4n) is 3.67. The maximum absolute atomic E-state index is 11.1. The molecule has 18 heavy (non-hydrogen) atoms. The maximum atomic E-state index is 11.1. The number of carbonyl (C=O) groups excluding carboxylic acids is 1. The fourth-order valence-corrected chi connectivity index (χ4v) is 8.75. The molecule has 2 bridgehead atoms. The van der Waals surface area contributed by atoms with Gasteiger partial charge in [-0.05, 0) is 12.8 Å². The number of rotatable bonds is 1. The quantitative estimate of drug-likeness (QED) is 0.541. The summed E-state index contributed by atoms with van der Waals surface area (Å²) < 4.78 is 13.0. The van der Waals surface area contributed by atoms with E-state index in [0.29, 0.717) is 0 Å². The molecule has 3 nitrogen and oxygen atoms in total. The average Bonchev–Trinajstić information content (AvgIpc) is 2.49. The number of aldehydes is 1. The summed E-state index contributed by atoms with van der Waals surface area (Å²) in [5.41, 5.74) is 0. The summed E-state index contributed by atoms with van der Waals surface area (Å²) in [5.74, 6) is 0.0362. The monoisotopic (exact) mass is 270 g/mol. The van der Waals surface area contributed by atoms with Gasteiger partial charge in [0.15, 0.2) is 0 Å². The Hall–Kier alpha value is -0.193. The fraction of sp³-hybridized carbons (Fsp3) is 0.929. The van der Waals surface area contributed by atoms with E-state index in [1.165, 1.54) is 0 Å². The van der Waals surface area contributed by atoms with Crippen LogP contribution in [0.2, 0.25) is 10.1 Å². The lowest BCUT2D eigenvalue weighted by Gasteiger charge is -2.53. The molecule has 3 unspecified atom stereocenters. The Kier molecular flexibility index (Phi) is 3.28. The zero-order chi connectivity index (χ0) is 13.8. The molecule has 0 N–H and O–H groups in total. The molecule has 1 saturated heterocycles. The molecule has 0 aromatic rings. The summed E-state index contributed by atoms with van der Waals surface area (Å²) in [6.07, 6.45) is 3.11. The summed E-state index contributed by atoms with van der Waals surface area (Å²) in [5, 5.41) is 0.0277. The highest BCUT2D eigenvalue weighted by molar-refractivity contribution is 6.73. The van der Waals surface area contributed by atoms with Gasteiger partial charge in [-0.1, -0.05) is 41.5 Å². The SMILES string of the molecule is CC(C)(C)[Si]1(C(C)(C)C)OC2CC(C=O)C(C2)O1. The van der Waals surface area contributed by atoms with Crippen molar-refractivity contribution in [3.05, 3.63) is 0 Å². The van der Waals surface area contributed by atoms with Crippen molar-refractivity contribution in [1.29, 1.82) is 0 Å². The van der Waals surface area contributed by atoms with E-state index in [1.807, 2.05) is 0 Å². The molecular formula is C14H26O3Si. The molecule has 0 spiro atoms. The van der Waals surface area contributed by atoms with Crippen LogP contribution in [0, 0.1) is 5.92 Å². The van der Waals surface area contributed by atoms with Gasteiger partial charge in [0.2, 0.25) is 0 Å². The number of hydrogen-bond donors (Lipinski definition) is 0. The molecule has 4 heteroatoms. The van der Waals surface area contributed by atoms with Crippen molar-refractivity contribution < 1.29 is 13.6 Å². The largest absolute Gasteiger partial charge is 0.390 e. The summed E-state index contributed by atoms with van der Waals surface area (Å²) in [6.45, 7) is 13.3. The summed E-state index contributed by atoms with van der Waals surface area (Å²) in [4.78, 5) is 11.1. The van der Waals surface area contributed by atoms with Crippen molar-refractivity contribution in [2.45, 2.75) is 76.7 Å². The van der Waals surface area contributed by atoms with E-state index < -0.39 is 8.56 Å². The minimum atomic E-state index is -2.37. The van der Waals surface area contributed by atoms with Crippen LogP contribution in [0.3, 0.4) is 0 Å². The molecule has 0 aromatic heterocycles. The van der Waals surface area contributed by atoms with Crippen LogP contribution < -0.4 is 0 Å². The van der Waals surface area contributed by atoms with Crippen LogP contribution in [0.5, 0.6) is 0 Å². The molecule has 0 aromatic carbocycles. The van der Waals surface area contributed by atoms with E-state index in [1.54, 1.807) is 0 Å². The van der Waals surface area contributed by atoms with E-state index in [2.05, 4.69) is 41.5 Å². The molecule has 3 atom stereocenters. The van der Waals surface area contributed by atoms with Crippen LogP contribution in [-0.4, -0.2) is 27.1 Å². The molecule has 104 valence electrons. The van der Waals surface area contributed by atoms with Gasteiger partial charge >= 0.3 is 8.56 Å². The highest BCUT2D eigenvalue weighted by atomic mass is 28.4. The first-order valence-corrected chi connectivity index (χ1v) is 8.73. The first-order chi connectivity index (χ1) is 8.11. The Morgan fingerprint density at radius 3 is 2.00 bits per heavy atom. The van der Waals surface area contributed by atoms with Gasteiger partial charge in [-0.25, -0.2) is 0 Å². The molecule has 1 heterocycles. The van der Waals surface area contributed by atoms with Crippen LogP contribution >= 0.6 is 0 Å². The minimum absolute atomic E-state index is 0.0138. The Balaban J connectivity index is 2.38. The van der Waals surface area contributed by atoms with Crippen molar-refractivity contribution in [2.75, 3.05) is 0 Å². The van der Waals surface area contributed by atoms with E-state index >= 15 is 0 Å². The lowest BCUT2D eigenvalue weighted by Crippen LogP contribution is -2.62. The van der Waals surface area contributed by atoms with Gasteiger partial charge in [0, 0.05) is 16.0 Å². The smallest absolute Gasteiger partial charge is 0.349 e. The normalized spacial score (nSPS) is 35.6. The van der Waals surface area contributed by atoms with E-state index in [4.69, 9.17) is 8.85 Å². The maximum Gasteiger partial charge on any atom is 0.349 e. The van der Waals surface area contributed by atoms with Gasteiger partial charge in [0.1, 0.15) is 6.29 Å². The van der Waals surface area contributed by atoms with Crippen LogP contribution in [0.4, 0.5) is 0 Å². The van der Waals surface area contributed by atoms with Gasteiger partial charge in [-0.2, -0.15) is 0 Å². The molecule has 0 amide bonds. The minimum Gasteiger partial charge on any atom is -0.390 e. The summed E-state index contributed by atoms with van der Waals surface area (Å²) in [7, 11) is -2.37. The van der Waals surface area contributed by atoms with Crippen molar-refractivity contribution in [1.82, 2.24) is 0 Å². The third-order valence-electron chi connectivity index (χ3n) is 4.31. The highest BCUT2D eigenvalue weighted by Gasteiger charge is 2.64. The average molecular weight is 270 g/mol. The lowest BCUT2D eigenvalue weighted by atomic mass is 10.1. The molecule has 2 rings (SSSR count). The Labute approximate surface area is 111 Å². The number of hydrogen-bond acceptors (Lipinski definition) is 3. The molecule has 1 saturated carbocycles. The van der Waals surface area contributed by atoms with Crippen LogP contribution in [-0.2, 0) is 13.6 Å². The predicted molar refractivity (Wildman–Crippen MR) is 73.7 cm³/mol. The first-order valence-electron chi connectivity index (χ1n) is 6.92. The van der Waals surface area contributed by atoms with E-state index in [9.17, 15) is 4.79 Å². The summed E-state index contributed by atoms with van der Waals surface area (Å²) in [6, 6.07) is 0. The third-order valence-corrected chi connectivity index (χ3v) is 9.56. The zero-order valence-electron chi connectivity index (χ0n) is 12.4. The van der Waals surface area contributed by atoms with E-state index in [0.717, 1.165) is 19.1 Å². The van der Waals surface area contributed by atoms with Crippen LogP contribution in [0.25, 0.3) is 0 Å². The standard InChI is InChI=1S/C14H26O3Si/c1-13(2,3)18(14(4,5)6)16-11-7-10(9-15)12(8-11)17-18/h9-12H,7-8H2,1-6H3.